The van der Waals surface area contributed by atoms with Crippen molar-refractivity contribution in [3.05, 3.63) is 53.5 Å². The number of aromatic amines is 1. The molecule has 1 aliphatic heterocycles. The Hall–Kier alpha value is -2.90. The Bertz CT molecular complexity index is 1390. The van der Waals surface area contributed by atoms with E-state index in [-0.39, 0.29) is 5.78 Å². The molecule has 1 saturated heterocycles. The first kappa shape index (κ1) is 23.5. The minimum Gasteiger partial charge on any atom is -0.300 e. The number of Topliss-reactive ketones (excluding diaryl/α,β-unsaturated/α-hetero) is 1. The van der Waals surface area contributed by atoms with E-state index in [9.17, 15) is 4.79 Å². The van der Waals surface area contributed by atoms with Crippen LogP contribution in [0.3, 0.4) is 0 Å². The van der Waals surface area contributed by atoms with E-state index in [1.807, 2.05) is 18.3 Å². The molecule has 0 amide bonds. The van der Waals surface area contributed by atoms with E-state index in [1.54, 1.807) is 17.5 Å². The molecule has 7 heteroatoms. The molecule has 0 radical (unpaired) electrons. The van der Waals surface area contributed by atoms with Crippen LogP contribution in [0.25, 0.3) is 32.0 Å². The number of nitrogens with zero attached hydrogens (tertiary/aromatic N) is 4. The third-order valence-electron chi connectivity index (χ3n) is 7.97. The molecule has 2 aliphatic rings. The number of benzene rings is 1. The van der Waals surface area contributed by atoms with Crippen molar-refractivity contribution in [2.24, 2.45) is 5.92 Å². The fourth-order valence-electron chi connectivity index (χ4n) is 6.15. The number of aryl methyl sites for hydroxylation is 2. The van der Waals surface area contributed by atoms with Crippen molar-refractivity contribution >= 4 is 28.0 Å². The number of nitrogens with one attached hydrogen (secondary N) is 1. The summed E-state index contributed by atoms with van der Waals surface area (Å²) in [6.45, 7) is 6.69. The molecule has 1 aliphatic carbocycles. The lowest BCUT2D eigenvalue weighted by Gasteiger charge is -2.23. The average molecular weight is 500 g/mol. The van der Waals surface area contributed by atoms with E-state index in [0.29, 0.717) is 18.0 Å². The van der Waals surface area contributed by atoms with Crippen LogP contribution < -0.4 is 0 Å². The van der Waals surface area contributed by atoms with E-state index < -0.39 is 0 Å². The maximum absolute atomic E-state index is 13.6. The fraction of sp³-hybridized carbons (Fsp3) is 0.448. The first-order chi connectivity index (χ1) is 17.6. The Kier molecular flexibility index (Phi) is 6.44. The molecule has 4 aromatic rings. The van der Waals surface area contributed by atoms with Gasteiger partial charge in [0.2, 0.25) is 0 Å². The highest BCUT2D eigenvalue weighted by Crippen LogP contribution is 2.39. The summed E-state index contributed by atoms with van der Waals surface area (Å²) in [4.78, 5) is 26.4. The number of hydrogen-bond donors (Lipinski definition) is 1. The lowest BCUT2D eigenvalue weighted by atomic mass is 9.98. The smallest absolute Gasteiger partial charge is 0.182 e. The molecule has 2 fully saturated rings. The lowest BCUT2D eigenvalue weighted by molar-refractivity contribution is 0.0969. The quantitative estimate of drug-likeness (QED) is 0.290. The second-order valence-corrected chi connectivity index (χ2v) is 11.6. The van der Waals surface area contributed by atoms with Crippen LogP contribution in [-0.4, -0.2) is 50.0 Å². The highest BCUT2D eigenvalue weighted by molar-refractivity contribution is 7.18. The van der Waals surface area contributed by atoms with Gasteiger partial charge in [0.1, 0.15) is 16.4 Å². The standard InChI is InChI=1S/C29H33N5OS/c1-18-14-19(2)25-23(15-18)26(33-32-25)29-31-27(28(36-29)21-6-5-11-30-17-21)24(35)10-8-20-7-9-22(16-20)34-12-3-4-13-34/h5-6,11,14-15,17,20,22H,3-4,7-10,12-13,16H2,1-2H3,(H,32,33)/t20?,22-/m0/s1. The third kappa shape index (κ3) is 4.50. The lowest BCUT2D eigenvalue weighted by Crippen LogP contribution is -2.30. The second-order valence-electron chi connectivity index (χ2n) is 10.6. The van der Waals surface area contributed by atoms with Gasteiger partial charge in [-0.2, -0.15) is 5.10 Å². The molecule has 1 aromatic carbocycles. The van der Waals surface area contributed by atoms with E-state index in [2.05, 4.69) is 46.1 Å². The summed E-state index contributed by atoms with van der Waals surface area (Å²) in [6.07, 6.45) is 11.5. The Labute approximate surface area is 216 Å². The second kappa shape index (κ2) is 9.87. The first-order valence-electron chi connectivity index (χ1n) is 13.2. The van der Waals surface area contributed by atoms with Crippen molar-refractivity contribution in [2.45, 2.75) is 64.8 Å². The molecule has 6 nitrogen and oxygen atoms in total. The molecule has 2 atom stereocenters. The Morgan fingerprint density at radius 2 is 2.06 bits per heavy atom. The van der Waals surface area contributed by atoms with Crippen LogP contribution in [0.5, 0.6) is 0 Å². The van der Waals surface area contributed by atoms with Crippen molar-refractivity contribution < 1.29 is 4.79 Å². The van der Waals surface area contributed by atoms with Crippen molar-refractivity contribution in [1.82, 2.24) is 25.1 Å². The number of likely N-dealkylation sites (tertiary alicyclic amines) is 1. The zero-order chi connectivity index (χ0) is 24.6. The van der Waals surface area contributed by atoms with Gasteiger partial charge in [0, 0.05) is 35.8 Å². The van der Waals surface area contributed by atoms with Gasteiger partial charge in [0.15, 0.2) is 5.78 Å². The largest absolute Gasteiger partial charge is 0.300 e. The van der Waals surface area contributed by atoms with Crippen molar-refractivity contribution in [3.8, 4) is 21.1 Å². The number of thiazole rings is 1. The minimum absolute atomic E-state index is 0.136. The maximum Gasteiger partial charge on any atom is 0.182 e. The maximum atomic E-state index is 13.6. The van der Waals surface area contributed by atoms with Crippen LogP contribution in [0.15, 0.2) is 36.7 Å². The SMILES string of the molecule is Cc1cc(C)c2n[nH]c(-c3nc(C(=O)CCC4CC[C@H](N5CCCC5)C4)c(-c4cccnc4)s3)c2c1. The van der Waals surface area contributed by atoms with E-state index in [0.717, 1.165) is 50.1 Å². The van der Waals surface area contributed by atoms with Gasteiger partial charge in [0.05, 0.1) is 10.4 Å². The summed E-state index contributed by atoms with van der Waals surface area (Å²) >= 11 is 1.55. The van der Waals surface area contributed by atoms with Crippen LogP contribution in [0.1, 0.15) is 66.6 Å². The van der Waals surface area contributed by atoms with Gasteiger partial charge < -0.3 is 4.90 Å². The summed E-state index contributed by atoms with van der Waals surface area (Å²) in [5.41, 5.74) is 5.68. The van der Waals surface area contributed by atoms with Crippen LogP contribution in [0, 0.1) is 19.8 Å². The molecular formula is C29H33N5OS. The predicted octanol–water partition coefficient (Wildman–Crippen LogP) is 6.59. The highest BCUT2D eigenvalue weighted by atomic mass is 32.1. The molecule has 1 N–H and O–H groups in total. The predicted molar refractivity (Wildman–Crippen MR) is 145 cm³/mol. The van der Waals surface area contributed by atoms with Crippen molar-refractivity contribution in [1.29, 1.82) is 0 Å². The number of hydrogen-bond acceptors (Lipinski definition) is 6. The van der Waals surface area contributed by atoms with Crippen LogP contribution in [-0.2, 0) is 0 Å². The number of carbonyl (C=O) groups excluding carboxylic acids is 1. The summed E-state index contributed by atoms with van der Waals surface area (Å²) in [5.74, 6) is 0.777. The third-order valence-corrected chi connectivity index (χ3v) is 9.09. The highest BCUT2D eigenvalue weighted by Gasteiger charge is 2.31. The Morgan fingerprint density at radius 1 is 1.19 bits per heavy atom. The zero-order valence-corrected chi connectivity index (χ0v) is 21.9. The molecule has 36 heavy (non-hydrogen) atoms. The molecule has 6 rings (SSSR count). The fourth-order valence-corrected chi connectivity index (χ4v) is 7.23. The topological polar surface area (TPSA) is 74.8 Å². The molecule has 0 bridgehead atoms. The molecule has 1 saturated carbocycles. The van der Waals surface area contributed by atoms with Crippen LogP contribution >= 0.6 is 11.3 Å². The molecule has 4 heterocycles. The summed E-state index contributed by atoms with van der Waals surface area (Å²) in [5, 5.41) is 9.62. The van der Waals surface area contributed by atoms with Gasteiger partial charge in [-0.25, -0.2) is 4.98 Å². The number of carbonyl (C=O) groups is 1. The summed E-state index contributed by atoms with van der Waals surface area (Å²) in [6, 6.07) is 8.94. The van der Waals surface area contributed by atoms with Gasteiger partial charge in [-0.3, -0.25) is 14.9 Å². The Morgan fingerprint density at radius 3 is 2.86 bits per heavy atom. The van der Waals surface area contributed by atoms with Crippen molar-refractivity contribution in [3.63, 3.8) is 0 Å². The zero-order valence-electron chi connectivity index (χ0n) is 21.1. The van der Waals surface area contributed by atoms with Crippen molar-refractivity contribution in [2.75, 3.05) is 13.1 Å². The van der Waals surface area contributed by atoms with E-state index in [1.165, 1.54) is 50.8 Å². The van der Waals surface area contributed by atoms with Gasteiger partial charge in [-0.1, -0.05) is 17.7 Å². The van der Waals surface area contributed by atoms with E-state index >= 15 is 0 Å². The summed E-state index contributed by atoms with van der Waals surface area (Å²) < 4.78 is 0. The van der Waals surface area contributed by atoms with E-state index in [4.69, 9.17) is 4.98 Å². The van der Waals surface area contributed by atoms with Gasteiger partial charge in [-0.15, -0.1) is 11.3 Å². The van der Waals surface area contributed by atoms with Gasteiger partial charge in [-0.05, 0) is 89.1 Å². The minimum atomic E-state index is 0.136. The summed E-state index contributed by atoms with van der Waals surface area (Å²) in [7, 11) is 0. The number of aromatic nitrogens is 4. The van der Waals surface area contributed by atoms with Crippen LogP contribution in [0.2, 0.25) is 0 Å². The molecule has 0 spiro atoms. The monoisotopic (exact) mass is 499 g/mol. The molecule has 3 aromatic heterocycles. The number of ketones is 1. The number of pyridine rings is 1. The first-order valence-corrected chi connectivity index (χ1v) is 14.0. The van der Waals surface area contributed by atoms with Gasteiger partial charge in [0.25, 0.3) is 0 Å². The molecular weight excluding hydrogens is 466 g/mol. The average Bonchev–Trinajstić information content (AvgIpc) is 3.68. The number of H-pyrrole nitrogens is 1. The van der Waals surface area contributed by atoms with Crippen LogP contribution in [0.4, 0.5) is 0 Å². The molecule has 1 unspecified atom stereocenters. The van der Waals surface area contributed by atoms with Gasteiger partial charge >= 0.3 is 0 Å². The number of fused-ring (bicyclic) bond motifs is 1. The number of rotatable bonds is 7. The molecule has 186 valence electrons. The Balaban J connectivity index is 1.27. The normalized spacial score (nSPS) is 20.5.